The lowest BCUT2D eigenvalue weighted by Crippen LogP contribution is -2.45. The van der Waals surface area contributed by atoms with Gasteiger partial charge in [0.2, 0.25) is 5.60 Å². The van der Waals surface area contributed by atoms with E-state index in [0.29, 0.717) is 33.4 Å². The molecule has 0 aliphatic carbocycles. The van der Waals surface area contributed by atoms with Gasteiger partial charge in [-0.25, -0.2) is 4.39 Å². The van der Waals surface area contributed by atoms with E-state index in [1.807, 2.05) is 0 Å². The van der Waals surface area contributed by atoms with Crippen LogP contribution < -0.4 is 0 Å². The van der Waals surface area contributed by atoms with Gasteiger partial charge in [-0.05, 0) is 52.6 Å². The van der Waals surface area contributed by atoms with E-state index < -0.39 is 24.4 Å². The van der Waals surface area contributed by atoms with Crippen molar-refractivity contribution in [3.63, 3.8) is 0 Å². The smallest absolute Gasteiger partial charge is 0.423 e. The Morgan fingerprint density at radius 3 is 2.53 bits per heavy atom. The van der Waals surface area contributed by atoms with Crippen LogP contribution in [0, 0.1) is 5.82 Å². The molecule has 3 aromatic carbocycles. The van der Waals surface area contributed by atoms with Gasteiger partial charge in [0.15, 0.2) is 0 Å². The summed E-state index contributed by atoms with van der Waals surface area (Å²) in [4.78, 5) is 4.40. The first-order valence-electron chi connectivity index (χ1n) is 11.2. The summed E-state index contributed by atoms with van der Waals surface area (Å²) in [6.45, 7) is 3.09. The van der Waals surface area contributed by atoms with Crippen molar-refractivity contribution in [2.45, 2.75) is 24.4 Å². The molecule has 0 saturated carbocycles. The SMILES string of the molecule is C=C(OC)c1cccc2c1ccn2CC(O)(c1ccc2c(c1)C=NC2c1ccc(F)cc1)C(F)(F)F. The second-order valence-electron chi connectivity index (χ2n) is 8.74. The fourth-order valence-corrected chi connectivity index (χ4v) is 4.64. The molecule has 0 fully saturated rings. The number of aliphatic imine (C=N–C) groups is 1. The summed E-state index contributed by atoms with van der Waals surface area (Å²) in [6, 6.07) is 16.3. The van der Waals surface area contributed by atoms with E-state index in [-0.39, 0.29) is 11.4 Å². The van der Waals surface area contributed by atoms with Crippen molar-refractivity contribution < 1.29 is 27.4 Å². The highest BCUT2D eigenvalue weighted by atomic mass is 19.4. The van der Waals surface area contributed by atoms with Gasteiger partial charge in [0.1, 0.15) is 17.6 Å². The second kappa shape index (κ2) is 8.64. The lowest BCUT2D eigenvalue weighted by Gasteiger charge is -2.32. The zero-order valence-corrected chi connectivity index (χ0v) is 19.3. The first-order valence-corrected chi connectivity index (χ1v) is 11.2. The zero-order valence-electron chi connectivity index (χ0n) is 19.3. The first-order chi connectivity index (χ1) is 17.1. The Morgan fingerprint density at radius 1 is 1.08 bits per heavy atom. The Bertz CT molecular complexity index is 1490. The maximum Gasteiger partial charge on any atom is 0.423 e. The van der Waals surface area contributed by atoms with Gasteiger partial charge in [-0.3, -0.25) is 4.99 Å². The van der Waals surface area contributed by atoms with Crippen molar-refractivity contribution >= 4 is 22.9 Å². The summed E-state index contributed by atoms with van der Waals surface area (Å²) >= 11 is 0. The van der Waals surface area contributed by atoms with E-state index in [0.717, 1.165) is 5.56 Å². The van der Waals surface area contributed by atoms with Crippen LogP contribution in [0.15, 0.2) is 84.5 Å². The molecule has 4 nitrogen and oxygen atoms in total. The van der Waals surface area contributed by atoms with Crippen LogP contribution in [0.2, 0.25) is 0 Å². The molecule has 184 valence electrons. The average molecular weight is 494 g/mol. The standard InChI is InChI=1S/C28H22F4N2O2/c1-17(36-2)22-4-3-5-25-24(22)12-13-34(25)16-27(35,28(30,31)32)20-8-11-23-19(14-20)15-33-26(23)18-6-9-21(29)10-7-18/h3-15,26,35H,1,16H2,2H3. The minimum Gasteiger partial charge on any atom is -0.497 e. The number of hydrogen-bond donors (Lipinski definition) is 1. The Labute approximate surface area is 204 Å². The number of ether oxygens (including phenoxy) is 1. The fourth-order valence-electron chi connectivity index (χ4n) is 4.64. The summed E-state index contributed by atoms with van der Waals surface area (Å²) < 4.78 is 63.1. The number of aromatic nitrogens is 1. The Morgan fingerprint density at radius 2 is 1.83 bits per heavy atom. The normalized spacial score (nSPS) is 16.7. The van der Waals surface area contributed by atoms with Crippen LogP contribution in [-0.4, -0.2) is 29.2 Å². The molecule has 0 amide bonds. The van der Waals surface area contributed by atoms with Gasteiger partial charge in [-0.15, -0.1) is 0 Å². The van der Waals surface area contributed by atoms with Gasteiger partial charge >= 0.3 is 6.18 Å². The van der Waals surface area contributed by atoms with Crippen LogP contribution in [0.5, 0.6) is 0 Å². The van der Waals surface area contributed by atoms with Gasteiger partial charge < -0.3 is 14.4 Å². The highest BCUT2D eigenvalue weighted by Gasteiger charge is 2.55. The van der Waals surface area contributed by atoms with Crippen LogP contribution in [0.3, 0.4) is 0 Å². The highest BCUT2D eigenvalue weighted by molar-refractivity contribution is 5.91. The predicted molar refractivity (Wildman–Crippen MR) is 130 cm³/mol. The molecule has 0 saturated heterocycles. The molecular formula is C28H22F4N2O2. The molecule has 1 aromatic heterocycles. The van der Waals surface area contributed by atoms with Gasteiger partial charge in [-0.1, -0.05) is 43.0 Å². The predicted octanol–water partition coefficient (Wildman–Crippen LogP) is 6.37. The summed E-state index contributed by atoms with van der Waals surface area (Å²) in [5.74, 6) is 0.000723. The Hall–Kier alpha value is -3.91. The average Bonchev–Trinajstić information content (AvgIpc) is 3.47. The number of alkyl halides is 3. The Balaban J connectivity index is 1.54. The lowest BCUT2D eigenvalue weighted by atomic mass is 9.88. The lowest BCUT2D eigenvalue weighted by molar-refractivity contribution is -0.271. The number of hydrogen-bond acceptors (Lipinski definition) is 3. The van der Waals surface area contributed by atoms with Gasteiger partial charge in [-0.2, -0.15) is 13.2 Å². The minimum absolute atomic E-state index is 0.292. The van der Waals surface area contributed by atoms with E-state index in [1.54, 1.807) is 36.4 Å². The molecule has 5 rings (SSSR count). The third-order valence-corrected chi connectivity index (χ3v) is 6.64. The summed E-state index contributed by atoms with van der Waals surface area (Å²) in [7, 11) is 1.47. The van der Waals surface area contributed by atoms with Crippen LogP contribution in [-0.2, 0) is 16.9 Å². The van der Waals surface area contributed by atoms with Gasteiger partial charge in [0.05, 0.1) is 13.7 Å². The van der Waals surface area contributed by atoms with Crippen molar-refractivity contribution in [2.75, 3.05) is 7.11 Å². The number of rotatable bonds is 6. The minimum atomic E-state index is -4.96. The van der Waals surface area contributed by atoms with Gasteiger partial charge in [0, 0.05) is 28.9 Å². The molecule has 2 unspecified atom stereocenters. The quantitative estimate of drug-likeness (QED) is 0.250. The van der Waals surface area contributed by atoms with E-state index >= 15 is 0 Å². The van der Waals surface area contributed by atoms with Gasteiger partial charge in [0.25, 0.3) is 0 Å². The van der Waals surface area contributed by atoms with Crippen molar-refractivity contribution in [1.29, 1.82) is 0 Å². The first kappa shape index (κ1) is 23.8. The van der Waals surface area contributed by atoms with Crippen molar-refractivity contribution in [1.82, 2.24) is 4.57 Å². The highest BCUT2D eigenvalue weighted by Crippen LogP contribution is 2.43. The molecule has 0 spiro atoms. The van der Waals surface area contributed by atoms with Crippen LogP contribution >= 0.6 is 0 Å². The number of benzene rings is 3. The number of nitrogens with zero attached hydrogens (tertiary/aromatic N) is 2. The Kier molecular flexibility index (Phi) is 5.71. The molecule has 2 atom stereocenters. The summed E-state index contributed by atoms with van der Waals surface area (Å²) in [5, 5.41) is 11.8. The van der Waals surface area contributed by atoms with Crippen molar-refractivity contribution in [3.8, 4) is 0 Å². The van der Waals surface area contributed by atoms with Crippen molar-refractivity contribution in [2.24, 2.45) is 4.99 Å². The fraction of sp³-hybridized carbons (Fsp3) is 0.179. The number of aliphatic hydroxyl groups is 1. The molecule has 0 bridgehead atoms. The molecule has 2 heterocycles. The second-order valence-corrected chi connectivity index (χ2v) is 8.74. The summed E-state index contributed by atoms with van der Waals surface area (Å²) in [5.41, 5.74) is -0.414. The van der Waals surface area contributed by atoms with E-state index in [4.69, 9.17) is 4.74 Å². The van der Waals surface area contributed by atoms with Crippen LogP contribution in [0.1, 0.15) is 33.9 Å². The number of fused-ring (bicyclic) bond motifs is 2. The third kappa shape index (κ3) is 3.87. The molecular weight excluding hydrogens is 472 g/mol. The molecule has 1 N–H and O–H groups in total. The molecule has 1 aliphatic heterocycles. The topological polar surface area (TPSA) is 46.8 Å². The maximum absolute atomic E-state index is 14.4. The molecule has 8 heteroatoms. The molecule has 4 aromatic rings. The summed E-state index contributed by atoms with van der Waals surface area (Å²) in [6.07, 6.45) is -1.97. The number of halogens is 4. The van der Waals surface area contributed by atoms with Crippen molar-refractivity contribution in [3.05, 3.63) is 113 Å². The largest absolute Gasteiger partial charge is 0.497 e. The molecule has 0 radical (unpaired) electrons. The van der Waals surface area contributed by atoms with E-state index in [9.17, 15) is 22.7 Å². The monoisotopic (exact) mass is 494 g/mol. The molecule has 1 aliphatic rings. The third-order valence-electron chi connectivity index (χ3n) is 6.64. The number of methoxy groups -OCH3 is 1. The zero-order chi connectivity index (χ0) is 25.7. The van der Waals surface area contributed by atoms with Crippen LogP contribution in [0.25, 0.3) is 16.7 Å². The molecule has 36 heavy (non-hydrogen) atoms. The maximum atomic E-state index is 14.4. The van der Waals surface area contributed by atoms with E-state index in [2.05, 4.69) is 11.6 Å². The van der Waals surface area contributed by atoms with Crippen LogP contribution in [0.4, 0.5) is 17.6 Å². The van der Waals surface area contributed by atoms with E-state index in [1.165, 1.54) is 54.4 Å².